The number of nitrogens with one attached hydrogen (secondary N) is 10. The minimum Gasteiger partial charge on any atom is -0.481 e. The van der Waals surface area contributed by atoms with Crippen LogP contribution in [0.4, 0.5) is 0 Å². The first-order valence-corrected chi connectivity index (χ1v) is 25.7. The van der Waals surface area contributed by atoms with Gasteiger partial charge < -0.3 is 96.5 Å². The van der Waals surface area contributed by atoms with E-state index in [9.17, 15) is 87.5 Å². The fourth-order valence-electron chi connectivity index (χ4n) is 7.03. The normalized spacial score (nSPS) is 14.8. The number of carbonyl (C=O) groups excluding carboxylic acids is 11. The third-order valence-corrected chi connectivity index (χ3v) is 11.6. The molecular weight excluding hydrogens is 1050 g/mol. The van der Waals surface area contributed by atoms with E-state index in [2.05, 4.69) is 53.2 Å². The summed E-state index contributed by atoms with van der Waals surface area (Å²) in [5.41, 5.74) is 21.8. The molecule has 448 valence electrons. The van der Waals surface area contributed by atoms with Crippen molar-refractivity contribution in [2.75, 3.05) is 26.2 Å². The lowest BCUT2D eigenvalue weighted by molar-refractivity contribution is -0.142. The number of carbonyl (C=O) groups is 14. The van der Waals surface area contributed by atoms with Crippen LogP contribution in [0, 0.1) is 5.92 Å². The molecule has 0 aliphatic carbocycles. The third-order valence-electron chi connectivity index (χ3n) is 11.6. The lowest BCUT2D eigenvalue weighted by Gasteiger charge is -2.27. The van der Waals surface area contributed by atoms with Crippen molar-refractivity contribution in [3.8, 4) is 0 Å². The van der Waals surface area contributed by atoms with E-state index in [1.165, 1.54) is 13.8 Å². The standard InChI is InChI=1S/C47H82N14O18/c1-23(2)20-32(60-46(77)33(22-62)61-40(71)24(3)53-41(72)27(50)12-15-34(51)63)45(76)59-30(14-17-37(67)68)44(75)55-26(5)39(70)58-29(13-16-36(65)66)43(74)54-25(4)38(69)57-28(10-6-8-18-48)42(73)52-21-35(64)56-31(47(78)79)11-7-9-19-49/h23-33,62H,6-22,48-50H2,1-5H3,(H2,51,63)(H,52,73)(H,53,72)(H,54,74)(H,55,75)(H,56,64)(H,57,69)(H,58,70)(H,59,76)(H,60,77)(H,61,71)(H,65,66)(H,67,68)(H,78,79)/t24-,25-,26-,27-,28-,29-,30-,31-,32-,33-/m0/s1. The van der Waals surface area contributed by atoms with E-state index in [0.29, 0.717) is 32.2 Å². The molecule has 0 spiro atoms. The Bertz CT molecular complexity index is 2120. The van der Waals surface area contributed by atoms with Crippen LogP contribution >= 0.6 is 0 Å². The summed E-state index contributed by atoms with van der Waals surface area (Å²) in [4.78, 5) is 178. The summed E-state index contributed by atoms with van der Waals surface area (Å²) >= 11 is 0. The van der Waals surface area contributed by atoms with Crippen molar-refractivity contribution in [2.45, 2.75) is 179 Å². The van der Waals surface area contributed by atoms with Gasteiger partial charge in [-0.25, -0.2) is 4.79 Å². The van der Waals surface area contributed by atoms with Crippen LogP contribution in [0.2, 0.25) is 0 Å². The highest BCUT2D eigenvalue weighted by atomic mass is 16.4. The highest BCUT2D eigenvalue weighted by Crippen LogP contribution is 2.10. The number of carboxylic acid groups (broad SMARTS) is 3. The van der Waals surface area contributed by atoms with Crippen LogP contribution in [-0.2, 0) is 67.1 Å². The molecule has 0 saturated carbocycles. The number of carboxylic acids is 3. The Kier molecular flexibility index (Phi) is 34.4. The number of aliphatic hydroxyl groups excluding tert-OH is 1. The van der Waals surface area contributed by atoms with Crippen molar-refractivity contribution >= 4 is 82.9 Å². The number of hydrogen-bond donors (Lipinski definition) is 18. The van der Waals surface area contributed by atoms with Crippen molar-refractivity contribution in [2.24, 2.45) is 28.9 Å². The van der Waals surface area contributed by atoms with Gasteiger partial charge in [-0.05, 0) is 104 Å². The number of unbranched alkanes of at least 4 members (excludes halogenated alkanes) is 2. The predicted molar refractivity (Wildman–Crippen MR) is 278 cm³/mol. The SMILES string of the molecule is CC(C)C[C@H](NC(=O)[C@H](CO)NC(=O)[C@H](C)NC(=O)[C@@H](N)CCC(N)=O)C(=O)N[C@@H](CCC(=O)O)C(=O)N[C@@H](C)C(=O)N[C@@H](CCC(=O)O)C(=O)N[C@@H](C)C(=O)N[C@@H](CCCCN)C(=O)NCC(=O)N[C@@H](CCCCN)C(=O)O. The number of aliphatic hydroxyl groups is 1. The van der Waals surface area contributed by atoms with E-state index in [0.717, 1.165) is 6.92 Å². The van der Waals surface area contributed by atoms with E-state index < -0.39 is 182 Å². The van der Waals surface area contributed by atoms with E-state index in [1.807, 2.05) is 0 Å². The molecule has 0 radical (unpaired) electrons. The highest BCUT2D eigenvalue weighted by molar-refractivity contribution is 5.98. The molecular formula is C47H82N14O18. The number of nitrogens with two attached hydrogens (primary N) is 4. The molecule has 0 saturated heterocycles. The van der Waals surface area contributed by atoms with Gasteiger partial charge in [0.1, 0.15) is 54.4 Å². The maximum Gasteiger partial charge on any atom is 0.326 e. The Morgan fingerprint density at radius 1 is 0.418 bits per heavy atom. The number of primary amides is 1. The molecule has 79 heavy (non-hydrogen) atoms. The summed E-state index contributed by atoms with van der Waals surface area (Å²) in [6, 6.07) is -14.6. The second-order valence-electron chi connectivity index (χ2n) is 19.0. The van der Waals surface area contributed by atoms with Crippen molar-refractivity contribution in [1.29, 1.82) is 0 Å². The van der Waals surface area contributed by atoms with E-state index in [4.69, 9.17) is 22.9 Å². The second-order valence-corrected chi connectivity index (χ2v) is 19.0. The Labute approximate surface area is 456 Å². The first-order valence-electron chi connectivity index (χ1n) is 25.7. The number of hydrogen-bond acceptors (Lipinski definition) is 18. The molecule has 0 fully saturated rings. The Morgan fingerprint density at radius 3 is 1.20 bits per heavy atom. The molecule has 0 rings (SSSR count). The van der Waals surface area contributed by atoms with Gasteiger partial charge in [-0.3, -0.25) is 62.3 Å². The summed E-state index contributed by atoms with van der Waals surface area (Å²) < 4.78 is 0. The van der Waals surface area contributed by atoms with Crippen LogP contribution in [0.15, 0.2) is 0 Å². The van der Waals surface area contributed by atoms with Crippen LogP contribution in [0.3, 0.4) is 0 Å². The Morgan fingerprint density at radius 2 is 0.797 bits per heavy atom. The third kappa shape index (κ3) is 30.2. The number of amides is 11. The average Bonchev–Trinajstić information content (AvgIpc) is 3.37. The van der Waals surface area contributed by atoms with Gasteiger partial charge in [-0.1, -0.05) is 13.8 Å². The van der Waals surface area contributed by atoms with E-state index in [-0.39, 0.29) is 44.6 Å². The molecule has 0 heterocycles. The summed E-state index contributed by atoms with van der Waals surface area (Å²) in [5.74, 6) is -14.9. The van der Waals surface area contributed by atoms with Gasteiger partial charge in [0.2, 0.25) is 65.0 Å². The molecule has 32 heteroatoms. The zero-order valence-electron chi connectivity index (χ0n) is 45.2. The molecule has 10 atom stereocenters. The van der Waals surface area contributed by atoms with Crippen LogP contribution in [0.25, 0.3) is 0 Å². The fraction of sp³-hybridized carbons (Fsp3) is 0.702. The lowest BCUT2D eigenvalue weighted by Crippen LogP contribution is -2.60. The number of rotatable bonds is 41. The van der Waals surface area contributed by atoms with E-state index in [1.54, 1.807) is 13.8 Å². The van der Waals surface area contributed by atoms with Gasteiger partial charge in [-0.15, -0.1) is 0 Å². The van der Waals surface area contributed by atoms with Crippen molar-refractivity contribution in [3.05, 3.63) is 0 Å². The topological polar surface area (TPSA) is 544 Å². The largest absolute Gasteiger partial charge is 0.481 e. The summed E-state index contributed by atoms with van der Waals surface area (Å²) in [5, 5.41) is 61.5. The monoisotopic (exact) mass is 1130 g/mol. The molecule has 32 nitrogen and oxygen atoms in total. The molecule has 0 unspecified atom stereocenters. The van der Waals surface area contributed by atoms with Crippen molar-refractivity contribution in [1.82, 2.24) is 53.2 Å². The molecule has 0 aliphatic rings. The molecule has 0 aromatic carbocycles. The first kappa shape index (κ1) is 71.4. The molecule has 0 aromatic rings. The zero-order chi connectivity index (χ0) is 60.5. The van der Waals surface area contributed by atoms with Crippen molar-refractivity contribution < 1.29 is 87.5 Å². The van der Waals surface area contributed by atoms with Crippen molar-refractivity contribution in [3.63, 3.8) is 0 Å². The molecule has 22 N–H and O–H groups in total. The van der Waals surface area contributed by atoms with E-state index >= 15 is 0 Å². The average molecular weight is 1130 g/mol. The van der Waals surface area contributed by atoms with Gasteiger partial charge in [0.25, 0.3) is 0 Å². The van der Waals surface area contributed by atoms with Crippen LogP contribution in [-0.4, -0.2) is 190 Å². The molecule has 11 amide bonds. The summed E-state index contributed by atoms with van der Waals surface area (Å²) in [7, 11) is 0. The predicted octanol–water partition coefficient (Wildman–Crippen LogP) is -6.77. The summed E-state index contributed by atoms with van der Waals surface area (Å²) in [6.07, 6.45) is -1.15. The minimum atomic E-state index is -1.69. The smallest absolute Gasteiger partial charge is 0.326 e. The number of aliphatic carboxylic acids is 3. The van der Waals surface area contributed by atoms with Crippen LogP contribution < -0.4 is 76.1 Å². The van der Waals surface area contributed by atoms with Gasteiger partial charge in [0.15, 0.2) is 0 Å². The molecule has 0 bridgehead atoms. The van der Waals surface area contributed by atoms with Crippen LogP contribution in [0.5, 0.6) is 0 Å². The summed E-state index contributed by atoms with van der Waals surface area (Å²) in [6.45, 7) is 5.80. The first-order chi connectivity index (χ1) is 37.0. The molecule has 0 aromatic heterocycles. The van der Waals surface area contributed by atoms with Gasteiger partial charge in [0, 0.05) is 19.3 Å². The minimum absolute atomic E-state index is 0.0154. The maximum atomic E-state index is 13.7. The highest BCUT2D eigenvalue weighted by Gasteiger charge is 2.34. The Balaban J connectivity index is 6.12. The zero-order valence-corrected chi connectivity index (χ0v) is 45.2. The second kappa shape index (κ2) is 38.1. The Hall–Kier alpha value is -7.58. The quantitative estimate of drug-likeness (QED) is 0.0253. The van der Waals surface area contributed by atoms with Gasteiger partial charge in [0.05, 0.1) is 19.2 Å². The maximum absolute atomic E-state index is 13.7. The van der Waals surface area contributed by atoms with Crippen LogP contribution in [0.1, 0.15) is 118 Å². The van der Waals surface area contributed by atoms with Gasteiger partial charge >= 0.3 is 17.9 Å². The fourth-order valence-corrected chi connectivity index (χ4v) is 7.03. The lowest BCUT2D eigenvalue weighted by atomic mass is 10.0. The van der Waals surface area contributed by atoms with Gasteiger partial charge in [-0.2, -0.15) is 0 Å². The molecule has 0 aliphatic heterocycles.